The van der Waals surface area contributed by atoms with E-state index >= 15 is 0 Å². The lowest BCUT2D eigenvalue weighted by atomic mass is 9.90. The molecule has 3 heterocycles. The van der Waals surface area contributed by atoms with Gasteiger partial charge in [0.25, 0.3) is 15.9 Å². The Morgan fingerprint density at radius 2 is 1.78 bits per heavy atom. The first kappa shape index (κ1) is 26.2. The number of nitrogens with two attached hydrogens (primary N) is 1. The van der Waals surface area contributed by atoms with Gasteiger partial charge >= 0.3 is 0 Å². The molecule has 3 aromatic rings. The summed E-state index contributed by atoms with van der Waals surface area (Å²) >= 11 is 0. The van der Waals surface area contributed by atoms with Crippen LogP contribution in [0, 0.1) is 5.92 Å². The molecule has 0 bridgehead atoms. The Morgan fingerprint density at radius 3 is 2.35 bits per heavy atom. The summed E-state index contributed by atoms with van der Waals surface area (Å²) in [6.45, 7) is 6.95. The average Bonchev–Trinajstić information content (AvgIpc) is 3.14. The number of nitrogen functional groups attached to an aromatic ring is 1. The van der Waals surface area contributed by atoms with E-state index in [4.69, 9.17) is 20.2 Å². The Balaban J connectivity index is 1.85. The number of aromatic nitrogens is 2. The molecule has 0 saturated carbocycles. The van der Waals surface area contributed by atoms with Crippen LogP contribution in [0.5, 0.6) is 11.5 Å². The number of hydrogen-bond acceptors (Lipinski definition) is 9. The molecule has 1 amide bonds. The van der Waals surface area contributed by atoms with Crippen molar-refractivity contribution in [2.24, 2.45) is 5.92 Å². The molecular formula is C26H31N5O5S. The molecule has 4 rings (SSSR count). The van der Waals surface area contributed by atoms with Crippen LogP contribution in [0.3, 0.4) is 0 Å². The maximum absolute atomic E-state index is 13.4. The minimum absolute atomic E-state index is 0.117. The molecule has 1 saturated heterocycles. The molecule has 1 aliphatic heterocycles. The number of carbonyl (C=O) groups excluding carboxylic acids is 1. The number of sulfonamides is 1. The van der Waals surface area contributed by atoms with Crippen LogP contribution in [0.1, 0.15) is 37.6 Å². The molecule has 10 nitrogen and oxygen atoms in total. The number of benzene rings is 1. The Kier molecular flexibility index (Phi) is 7.00. The lowest BCUT2D eigenvalue weighted by Gasteiger charge is -2.36. The van der Waals surface area contributed by atoms with Gasteiger partial charge in [-0.05, 0) is 62.6 Å². The Bertz CT molecular complexity index is 1420. The highest BCUT2D eigenvalue weighted by Crippen LogP contribution is 2.42. The minimum Gasteiger partial charge on any atom is -0.496 e. The Hall–Kier alpha value is -3.86. The van der Waals surface area contributed by atoms with Crippen molar-refractivity contribution in [2.45, 2.75) is 37.6 Å². The summed E-state index contributed by atoms with van der Waals surface area (Å²) in [5.41, 5.74) is 6.69. The van der Waals surface area contributed by atoms with E-state index in [1.807, 2.05) is 11.0 Å². The number of hydrogen-bond donors (Lipinski definition) is 2. The van der Waals surface area contributed by atoms with E-state index < -0.39 is 15.9 Å². The summed E-state index contributed by atoms with van der Waals surface area (Å²) in [6.07, 6.45) is 2.27. The summed E-state index contributed by atoms with van der Waals surface area (Å²) in [6, 6.07) is 11.4. The molecule has 1 aliphatic rings. The van der Waals surface area contributed by atoms with Crippen LogP contribution >= 0.6 is 0 Å². The van der Waals surface area contributed by atoms with Crippen molar-refractivity contribution in [3.8, 4) is 22.8 Å². The summed E-state index contributed by atoms with van der Waals surface area (Å²) in [5, 5.41) is 0. The lowest BCUT2D eigenvalue weighted by molar-refractivity contribution is 0.0981. The summed E-state index contributed by atoms with van der Waals surface area (Å²) < 4.78 is 39.2. The summed E-state index contributed by atoms with van der Waals surface area (Å²) in [7, 11) is -1.16. The van der Waals surface area contributed by atoms with Gasteiger partial charge in [0.15, 0.2) is 0 Å². The number of methoxy groups -OCH3 is 2. The summed E-state index contributed by atoms with van der Waals surface area (Å²) in [4.78, 5) is 23.9. The maximum atomic E-state index is 13.4. The fourth-order valence-corrected chi connectivity index (χ4v) is 5.60. The highest BCUT2D eigenvalue weighted by molar-refractivity contribution is 7.90. The third-order valence-corrected chi connectivity index (χ3v) is 8.44. The van der Waals surface area contributed by atoms with Crippen molar-refractivity contribution in [3.05, 3.63) is 54.2 Å². The van der Waals surface area contributed by atoms with E-state index in [0.29, 0.717) is 41.0 Å². The fraction of sp³-hybridized carbons (Fsp3) is 0.346. The quantitative estimate of drug-likeness (QED) is 0.475. The Morgan fingerprint density at radius 1 is 1.11 bits per heavy atom. The van der Waals surface area contributed by atoms with Gasteiger partial charge in [0.05, 0.1) is 31.0 Å². The first-order valence-corrected chi connectivity index (χ1v) is 13.3. The topological polar surface area (TPSA) is 137 Å². The van der Waals surface area contributed by atoms with Crippen molar-refractivity contribution in [2.75, 3.05) is 31.4 Å². The number of amides is 1. The normalized spacial score (nSPS) is 16.9. The largest absolute Gasteiger partial charge is 0.496 e. The number of nitrogens with one attached hydrogen (secondary N) is 1. The van der Waals surface area contributed by atoms with E-state index in [9.17, 15) is 13.2 Å². The molecule has 11 heteroatoms. The number of carbonyl (C=O) groups is 1. The van der Waals surface area contributed by atoms with Gasteiger partial charge in [-0.1, -0.05) is 13.0 Å². The molecule has 0 spiro atoms. The van der Waals surface area contributed by atoms with Gasteiger partial charge < -0.3 is 20.1 Å². The number of anilines is 2. The molecule has 1 aromatic carbocycles. The van der Waals surface area contributed by atoms with Crippen LogP contribution in [0.4, 0.5) is 11.6 Å². The zero-order valence-corrected chi connectivity index (χ0v) is 22.3. The number of pyridine rings is 2. The van der Waals surface area contributed by atoms with Crippen LogP contribution in [-0.2, 0) is 10.0 Å². The van der Waals surface area contributed by atoms with Crippen LogP contribution in [-0.4, -0.2) is 50.6 Å². The zero-order valence-electron chi connectivity index (χ0n) is 21.5. The van der Waals surface area contributed by atoms with Crippen LogP contribution in [0.25, 0.3) is 11.3 Å². The molecule has 1 fully saturated rings. The molecule has 1 atom stereocenters. The van der Waals surface area contributed by atoms with E-state index in [0.717, 1.165) is 6.42 Å². The van der Waals surface area contributed by atoms with Crippen molar-refractivity contribution >= 4 is 27.6 Å². The van der Waals surface area contributed by atoms with Crippen LogP contribution in [0.2, 0.25) is 0 Å². The minimum atomic E-state index is -4.28. The molecule has 196 valence electrons. The highest BCUT2D eigenvalue weighted by atomic mass is 32.2. The molecular weight excluding hydrogens is 494 g/mol. The standard InChI is InChI=1S/C26H31N5O5S/c1-16-13-15-31(26(16,2)3)24-17(25(32)30-37(33,34)21-10-7-14-28-23(21)27)11-12-18(29-24)22-19(35-4)8-6-9-20(22)36-5/h6-12,14,16H,13,15H2,1-5H3,(H2,27,28)(H,30,32). The second-order valence-corrected chi connectivity index (χ2v) is 11.1. The highest BCUT2D eigenvalue weighted by Gasteiger charge is 2.41. The maximum Gasteiger partial charge on any atom is 0.268 e. The van der Waals surface area contributed by atoms with E-state index in [1.165, 1.54) is 18.3 Å². The third-order valence-electron chi connectivity index (χ3n) is 7.06. The molecule has 37 heavy (non-hydrogen) atoms. The van der Waals surface area contributed by atoms with Gasteiger partial charge in [-0.15, -0.1) is 0 Å². The van der Waals surface area contributed by atoms with Gasteiger partial charge in [0.2, 0.25) is 0 Å². The van der Waals surface area contributed by atoms with E-state index in [-0.39, 0.29) is 21.8 Å². The van der Waals surface area contributed by atoms with Gasteiger partial charge in [0.1, 0.15) is 28.0 Å². The second kappa shape index (κ2) is 9.89. The van der Waals surface area contributed by atoms with Crippen molar-refractivity contribution in [3.63, 3.8) is 0 Å². The SMILES string of the molecule is COc1cccc(OC)c1-c1ccc(C(=O)NS(=O)(=O)c2cccnc2N)c(N2CCC(C)C2(C)C)n1. The number of ether oxygens (including phenoxy) is 2. The van der Waals surface area contributed by atoms with Crippen LogP contribution < -0.4 is 24.8 Å². The van der Waals surface area contributed by atoms with Crippen molar-refractivity contribution < 1.29 is 22.7 Å². The average molecular weight is 526 g/mol. The van der Waals surface area contributed by atoms with E-state index in [2.05, 4.69) is 30.5 Å². The molecule has 0 radical (unpaired) electrons. The molecule has 3 N–H and O–H groups in total. The first-order chi connectivity index (χ1) is 17.5. The zero-order chi connectivity index (χ0) is 27.0. The monoisotopic (exact) mass is 525 g/mol. The van der Waals surface area contributed by atoms with Crippen molar-refractivity contribution in [1.29, 1.82) is 0 Å². The van der Waals surface area contributed by atoms with Gasteiger partial charge in [0, 0.05) is 18.3 Å². The number of rotatable bonds is 7. The second-order valence-electron chi connectivity index (χ2n) is 9.42. The molecule has 2 aromatic heterocycles. The Labute approximate surface area is 216 Å². The van der Waals surface area contributed by atoms with E-state index in [1.54, 1.807) is 38.5 Å². The molecule has 1 unspecified atom stereocenters. The van der Waals surface area contributed by atoms with Gasteiger partial charge in [-0.2, -0.15) is 0 Å². The summed E-state index contributed by atoms with van der Waals surface area (Å²) in [5.74, 6) is 0.770. The predicted molar refractivity (Wildman–Crippen MR) is 141 cm³/mol. The fourth-order valence-electron chi connectivity index (χ4n) is 4.55. The lowest BCUT2D eigenvalue weighted by Crippen LogP contribution is -2.43. The van der Waals surface area contributed by atoms with Crippen LogP contribution in [0.15, 0.2) is 53.6 Å². The van der Waals surface area contributed by atoms with Gasteiger partial charge in [-0.25, -0.2) is 23.1 Å². The van der Waals surface area contributed by atoms with Crippen molar-refractivity contribution in [1.82, 2.24) is 14.7 Å². The third kappa shape index (κ3) is 4.78. The smallest absolute Gasteiger partial charge is 0.268 e. The number of nitrogens with zero attached hydrogens (tertiary/aromatic N) is 3. The molecule has 0 aliphatic carbocycles. The predicted octanol–water partition coefficient (Wildman–Crippen LogP) is 3.49. The van der Waals surface area contributed by atoms with Gasteiger partial charge in [-0.3, -0.25) is 4.79 Å². The first-order valence-electron chi connectivity index (χ1n) is 11.8.